The molecule has 0 aromatic heterocycles. The topological polar surface area (TPSA) is 48.9 Å². The van der Waals surface area contributed by atoms with Crippen LogP contribution in [0.4, 0.5) is 0 Å². The lowest BCUT2D eigenvalue weighted by Crippen LogP contribution is -2.40. The van der Waals surface area contributed by atoms with Crippen molar-refractivity contribution in [3.8, 4) is 0 Å². The molecule has 0 aromatic rings. The van der Waals surface area contributed by atoms with Crippen LogP contribution < -0.4 is 10.6 Å². The zero-order chi connectivity index (χ0) is 16.2. The number of nitrogens with zero attached hydrogens (tertiary/aromatic N) is 2. The fourth-order valence-electron chi connectivity index (χ4n) is 2.89. The Hall–Kier alpha value is -0.810. The molecule has 130 valence electrons. The van der Waals surface area contributed by atoms with Crippen molar-refractivity contribution in [2.45, 2.75) is 52.6 Å². The largest absolute Gasteiger partial charge is 0.378 e. The number of hydrogen-bond acceptors (Lipinski definition) is 3. The molecular formula is C17H36N4O. The molecular weight excluding hydrogens is 276 g/mol. The lowest BCUT2D eigenvalue weighted by molar-refractivity contribution is 0.0258. The van der Waals surface area contributed by atoms with Gasteiger partial charge in [0.25, 0.3) is 0 Å². The number of rotatable bonds is 10. The molecule has 0 aromatic carbocycles. The van der Waals surface area contributed by atoms with E-state index in [1.165, 1.54) is 38.9 Å². The van der Waals surface area contributed by atoms with Gasteiger partial charge in [0.2, 0.25) is 0 Å². The number of aliphatic imine (C=N–C) groups is 1. The van der Waals surface area contributed by atoms with Gasteiger partial charge in [-0.2, -0.15) is 0 Å². The Labute approximate surface area is 136 Å². The first-order chi connectivity index (χ1) is 10.7. The Morgan fingerprint density at radius 2 is 1.86 bits per heavy atom. The van der Waals surface area contributed by atoms with Crippen LogP contribution >= 0.6 is 0 Å². The van der Waals surface area contributed by atoms with Gasteiger partial charge in [-0.05, 0) is 58.2 Å². The van der Waals surface area contributed by atoms with Gasteiger partial charge < -0.3 is 20.3 Å². The van der Waals surface area contributed by atoms with Crippen LogP contribution in [0.3, 0.4) is 0 Å². The van der Waals surface area contributed by atoms with Crippen molar-refractivity contribution in [1.82, 2.24) is 15.5 Å². The van der Waals surface area contributed by atoms with Crippen molar-refractivity contribution in [3.63, 3.8) is 0 Å². The first kappa shape index (κ1) is 19.2. The summed E-state index contributed by atoms with van der Waals surface area (Å²) in [5.41, 5.74) is 0. The molecule has 1 aliphatic heterocycles. The molecule has 0 radical (unpaired) electrons. The van der Waals surface area contributed by atoms with Gasteiger partial charge in [0.1, 0.15) is 0 Å². The van der Waals surface area contributed by atoms with E-state index in [1.807, 2.05) is 7.05 Å². The summed E-state index contributed by atoms with van der Waals surface area (Å²) in [4.78, 5) is 6.83. The van der Waals surface area contributed by atoms with Crippen molar-refractivity contribution in [1.29, 1.82) is 0 Å². The SMILES string of the molecule is CCOC(CCNC(=NC)NCCCN1CCCC1)C(C)C. The predicted molar refractivity (Wildman–Crippen MR) is 94.5 cm³/mol. The van der Waals surface area contributed by atoms with Gasteiger partial charge in [-0.15, -0.1) is 0 Å². The minimum absolute atomic E-state index is 0.325. The van der Waals surface area contributed by atoms with Crippen molar-refractivity contribution >= 4 is 5.96 Å². The molecule has 0 bridgehead atoms. The first-order valence-corrected chi connectivity index (χ1v) is 8.95. The Morgan fingerprint density at radius 1 is 1.18 bits per heavy atom. The highest BCUT2D eigenvalue weighted by Gasteiger charge is 2.13. The van der Waals surface area contributed by atoms with Gasteiger partial charge in [-0.25, -0.2) is 0 Å². The summed E-state index contributed by atoms with van der Waals surface area (Å²) >= 11 is 0. The summed E-state index contributed by atoms with van der Waals surface area (Å²) < 4.78 is 5.77. The van der Waals surface area contributed by atoms with Gasteiger partial charge in [0.05, 0.1) is 6.10 Å². The lowest BCUT2D eigenvalue weighted by atomic mass is 10.0. The van der Waals surface area contributed by atoms with E-state index in [0.29, 0.717) is 12.0 Å². The maximum Gasteiger partial charge on any atom is 0.190 e. The van der Waals surface area contributed by atoms with Crippen molar-refractivity contribution in [3.05, 3.63) is 0 Å². The fourth-order valence-corrected chi connectivity index (χ4v) is 2.89. The van der Waals surface area contributed by atoms with Gasteiger partial charge in [0, 0.05) is 26.7 Å². The van der Waals surface area contributed by atoms with E-state index in [-0.39, 0.29) is 0 Å². The summed E-state index contributed by atoms with van der Waals surface area (Å²) in [5.74, 6) is 1.46. The molecule has 1 unspecified atom stereocenters. The number of guanidine groups is 1. The second-order valence-electron chi connectivity index (χ2n) is 6.35. The van der Waals surface area contributed by atoms with Gasteiger partial charge in [-0.3, -0.25) is 4.99 Å². The Bertz CT molecular complexity index is 301. The van der Waals surface area contributed by atoms with E-state index in [1.54, 1.807) is 0 Å². The maximum absolute atomic E-state index is 5.77. The summed E-state index contributed by atoms with van der Waals surface area (Å²) in [7, 11) is 1.83. The highest BCUT2D eigenvalue weighted by atomic mass is 16.5. The standard InChI is InChI=1S/C17H36N4O/c1-5-22-16(15(2)3)9-11-20-17(18-4)19-10-8-14-21-12-6-7-13-21/h15-16H,5-14H2,1-4H3,(H2,18,19,20). The molecule has 0 saturated carbocycles. The zero-order valence-electron chi connectivity index (χ0n) is 15.0. The minimum Gasteiger partial charge on any atom is -0.378 e. The molecule has 1 fully saturated rings. The number of hydrogen-bond donors (Lipinski definition) is 2. The van der Waals surface area contributed by atoms with Gasteiger partial charge in [0.15, 0.2) is 5.96 Å². The van der Waals surface area contributed by atoms with Crippen molar-refractivity contribution in [2.24, 2.45) is 10.9 Å². The van der Waals surface area contributed by atoms with Crippen LogP contribution in [0.15, 0.2) is 4.99 Å². The molecule has 2 N–H and O–H groups in total. The highest BCUT2D eigenvalue weighted by molar-refractivity contribution is 5.79. The molecule has 1 heterocycles. The van der Waals surface area contributed by atoms with Crippen molar-refractivity contribution < 1.29 is 4.74 Å². The number of ether oxygens (including phenoxy) is 1. The van der Waals surface area contributed by atoms with Gasteiger partial charge >= 0.3 is 0 Å². The summed E-state index contributed by atoms with van der Waals surface area (Å²) in [5, 5.41) is 6.79. The molecule has 22 heavy (non-hydrogen) atoms. The third-order valence-electron chi connectivity index (χ3n) is 4.21. The molecule has 0 amide bonds. The fraction of sp³-hybridized carbons (Fsp3) is 0.941. The minimum atomic E-state index is 0.325. The quantitative estimate of drug-likeness (QED) is 0.368. The molecule has 0 aliphatic carbocycles. The smallest absolute Gasteiger partial charge is 0.190 e. The lowest BCUT2D eigenvalue weighted by Gasteiger charge is -2.21. The van der Waals surface area contributed by atoms with Gasteiger partial charge in [-0.1, -0.05) is 13.8 Å². The van der Waals surface area contributed by atoms with E-state index >= 15 is 0 Å². The second kappa shape index (κ2) is 11.7. The van der Waals surface area contributed by atoms with E-state index in [2.05, 4.69) is 41.3 Å². The van der Waals surface area contributed by atoms with Crippen LogP contribution in [-0.2, 0) is 4.74 Å². The number of nitrogens with one attached hydrogen (secondary N) is 2. The predicted octanol–water partition coefficient (Wildman–Crippen LogP) is 2.09. The average Bonchev–Trinajstić information content (AvgIpc) is 3.01. The molecule has 1 rings (SSSR count). The van der Waals surface area contributed by atoms with Crippen LogP contribution in [0.5, 0.6) is 0 Å². The Kier molecular flexibility index (Phi) is 10.2. The summed E-state index contributed by atoms with van der Waals surface area (Å²) in [6.07, 6.45) is 5.25. The van der Waals surface area contributed by atoms with Crippen LogP contribution in [0.2, 0.25) is 0 Å². The molecule has 5 nitrogen and oxygen atoms in total. The Morgan fingerprint density at radius 3 is 2.45 bits per heavy atom. The molecule has 1 aliphatic rings. The molecule has 1 atom stereocenters. The van der Waals surface area contributed by atoms with E-state index in [0.717, 1.165) is 32.1 Å². The second-order valence-corrected chi connectivity index (χ2v) is 6.35. The van der Waals surface area contributed by atoms with Crippen LogP contribution in [-0.4, -0.2) is 63.3 Å². The zero-order valence-corrected chi connectivity index (χ0v) is 15.0. The maximum atomic E-state index is 5.77. The monoisotopic (exact) mass is 312 g/mol. The van der Waals surface area contributed by atoms with Crippen LogP contribution in [0, 0.1) is 5.92 Å². The molecule has 1 saturated heterocycles. The summed E-state index contributed by atoms with van der Waals surface area (Å²) in [6, 6.07) is 0. The normalized spacial score (nSPS) is 18.0. The average molecular weight is 313 g/mol. The Balaban J connectivity index is 2.10. The molecule has 0 spiro atoms. The third kappa shape index (κ3) is 7.99. The molecule has 5 heteroatoms. The van der Waals surface area contributed by atoms with Crippen LogP contribution in [0.1, 0.15) is 46.5 Å². The summed E-state index contributed by atoms with van der Waals surface area (Å²) in [6.45, 7) is 12.9. The van der Waals surface area contributed by atoms with E-state index < -0.39 is 0 Å². The third-order valence-corrected chi connectivity index (χ3v) is 4.21. The van der Waals surface area contributed by atoms with Crippen molar-refractivity contribution in [2.75, 3.05) is 46.4 Å². The van der Waals surface area contributed by atoms with Crippen LogP contribution in [0.25, 0.3) is 0 Å². The van der Waals surface area contributed by atoms with E-state index in [4.69, 9.17) is 4.74 Å². The van der Waals surface area contributed by atoms with E-state index in [9.17, 15) is 0 Å². The number of likely N-dealkylation sites (tertiary alicyclic amines) is 1. The highest BCUT2D eigenvalue weighted by Crippen LogP contribution is 2.10. The first-order valence-electron chi connectivity index (χ1n) is 8.95.